The Bertz CT molecular complexity index is 472. The molecule has 1 amide bonds. The molecular formula is C15H20ClFN2O2. The Balaban J connectivity index is 1.83. The van der Waals surface area contributed by atoms with Gasteiger partial charge in [-0.1, -0.05) is 24.6 Å². The fourth-order valence-corrected chi connectivity index (χ4v) is 2.61. The molecule has 0 bridgehead atoms. The van der Waals surface area contributed by atoms with Crippen molar-refractivity contribution in [2.24, 2.45) is 5.92 Å². The van der Waals surface area contributed by atoms with Crippen LogP contribution in [0.25, 0.3) is 0 Å². The molecule has 1 aliphatic heterocycles. The molecule has 2 rings (SSSR count). The van der Waals surface area contributed by atoms with Crippen LogP contribution in [0, 0.1) is 11.7 Å². The Hall–Kier alpha value is -1.17. The van der Waals surface area contributed by atoms with E-state index in [1.54, 1.807) is 0 Å². The average Bonchev–Trinajstić information content (AvgIpc) is 2.46. The van der Waals surface area contributed by atoms with Crippen LogP contribution in [0.2, 0.25) is 5.02 Å². The summed E-state index contributed by atoms with van der Waals surface area (Å²) in [5, 5.41) is 2.88. The Labute approximate surface area is 129 Å². The predicted octanol–water partition coefficient (Wildman–Crippen LogP) is 2.18. The molecule has 1 unspecified atom stereocenters. The molecule has 1 fully saturated rings. The van der Waals surface area contributed by atoms with Crippen molar-refractivity contribution in [3.8, 4) is 0 Å². The van der Waals surface area contributed by atoms with Crippen LogP contribution in [0.4, 0.5) is 4.39 Å². The van der Waals surface area contributed by atoms with E-state index in [2.05, 4.69) is 17.1 Å². The predicted molar refractivity (Wildman–Crippen MR) is 80.2 cm³/mol. The molecule has 1 aliphatic rings. The number of carbonyl (C=O) groups is 1. The second-order valence-electron chi connectivity index (χ2n) is 5.32. The van der Waals surface area contributed by atoms with E-state index in [4.69, 9.17) is 16.3 Å². The number of rotatable bonds is 5. The molecule has 1 aromatic rings. The third-order valence-corrected chi connectivity index (χ3v) is 3.79. The first-order valence-electron chi connectivity index (χ1n) is 7.10. The maximum Gasteiger partial charge on any atom is 0.255 e. The number of benzene rings is 1. The third kappa shape index (κ3) is 4.66. The first-order valence-corrected chi connectivity index (χ1v) is 7.48. The lowest BCUT2D eigenvalue weighted by Crippen LogP contribution is -2.41. The van der Waals surface area contributed by atoms with Crippen molar-refractivity contribution in [2.45, 2.75) is 6.92 Å². The van der Waals surface area contributed by atoms with Gasteiger partial charge in [0.15, 0.2) is 0 Å². The zero-order valence-electron chi connectivity index (χ0n) is 12.1. The first kappa shape index (κ1) is 16.2. The molecule has 0 radical (unpaired) electrons. The molecule has 0 aliphatic carbocycles. The van der Waals surface area contributed by atoms with Gasteiger partial charge in [0, 0.05) is 26.2 Å². The van der Waals surface area contributed by atoms with Crippen molar-refractivity contribution >= 4 is 17.5 Å². The standard InChI is InChI=1S/C15H20ClFN2O2/c1-11(10-19-5-7-21-8-6-19)9-18-15(20)14-12(16)3-2-4-13(14)17/h2-4,11H,5-10H2,1H3,(H,18,20). The number of nitrogens with one attached hydrogen (secondary N) is 1. The van der Waals surface area contributed by atoms with Gasteiger partial charge in [0.1, 0.15) is 5.82 Å². The minimum Gasteiger partial charge on any atom is -0.379 e. The van der Waals surface area contributed by atoms with Crippen molar-refractivity contribution in [3.63, 3.8) is 0 Å². The van der Waals surface area contributed by atoms with Gasteiger partial charge >= 0.3 is 0 Å². The first-order chi connectivity index (χ1) is 10.1. The Morgan fingerprint density at radius 2 is 2.19 bits per heavy atom. The van der Waals surface area contributed by atoms with Gasteiger partial charge in [-0.25, -0.2) is 4.39 Å². The molecule has 21 heavy (non-hydrogen) atoms. The topological polar surface area (TPSA) is 41.6 Å². The Kier molecular flexibility index (Phi) is 5.96. The van der Waals surface area contributed by atoms with Crippen molar-refractivity contribution in [1.29, 1.82) is 0 Å². The second-order valence-corrected chi connectivity index (χ2v) is 5.73. The highest BCUT2D eigenvalue weighted by Gasteiger charge is 2.18. The van der Waals surface area contributed by atoms with E-state index in [1.165, 1.54) is 18.2 Å². The molecule has 1 saturated heterocycles. The molecule has 1 heterocycles. The molecule has 1 aromatic carbocycles. The number of amides is 1. The van der Waals surface area contributed by atoms with Gasteiger partial charge in [-0.05, 0) is 18.1 Å². The second kappa shape index (κ2) is 7.73. The Morgan fingerprint density at radius 1 is 1.48 bits per heavy atom. The summed E-state index contributed by atoms with van der Waals surface area (Å²) in [5.74, 6) is -0.787. The summed E-state index contributed by atoms with van der Waals surface area (Å²) in [6.45, 7) is 6.76. The average molecular weight is 315 g/mol. The van der Waals surface area contributed by atoms with Crippen LogP contribution < -0.4 is 5.32 Å². The molecule has 1 N–H and O–H groups in total. The highest BCUT2D eigenvalue weighted by atomic mass is 35.5. The molecule has 0 spiro atoms. The van der Waals surface area contributed by atoms with Crippen LogP contribution >= 0.6 is 11.6 Å². The highest BCUT2D eigenvalue weighted by molar-refractivity contribution is 6.33. The minimum atomic E-state index is -0.596. The zero-order chi connectivity index (χ0) is 15.2. The van der Waals surface area contributed by atoms with Gasteiger partial charge in [0.05, 0.1) is 23.8 Å². The minimum absolute atomic E-state index is 0.0854. The summed E-state index contributed by atoms with van der Waals surface area (Å²) in [6.07, 6.45) is 0. The van der Waals surface area contributed by atoms with Crippen LogP contribution in [0.3, 0.4) is 0 Å². The lowest BCUT2D eigenvalue weighted by molar-refractivity contribution is 0.0317. The number of hydrogen-bond acceptors (Lipinski definition) is 3. The Morgan fingerprint density at radius 3 is 2.86 bits per heavy atom. The van der Waals surface area contributed by atoms with E-state index in [0.29, 0.717) is 6.54 Å². The molecular weight excluding hydrogens is 295 g/mol. The smallest absolute Gasteiger partial charge is 0.255 e. The molecule has 0 aromatic heterocycles. The van der Waals surface area contributed by atoms with Crippen molar-refractivity contribution < 1.29 is 13.9 Å². The van der Waals surface area contributed by atoms with Crippen LogP contribution in [0.15, 0.2) is 18.2 Å². The highest BCUT2D eigenvalue weighted by Crippen LogP contribution is 2.18. The van der Waals surface area contributed by atoms with E-state index >= 15 is 0 Å². The van der Waals surface area contributed by atoms with E-state index in [9.17, 15) is 9.18 Å². The van der Waals surface area contributed by atoms with Crippen LogP contribution in [-0.4, -0.2) is 50.2 Å². The van der Waals surface area contributed by atoms with E-state index in [1.807, 2.05) is 0 Å². The molecule has 1 atom stereocenters. The largest absolute Gasteiger partial charge is 0.379 e. The van der Waals surface area contributed by atoms with Crippen molar-refractivity contribution in [2.75, 3.05) is 39.4 Å². The van der Waals surface area contributed by atoms with E-state index < -0.39 is 11.7 Å². The summed E-state index contributed by atoms with van der Waals surface area (Å²) in [7, 11) is 0. The number of morpholine rings is 1. The summed E-state index contributed by atoms with van der Waals surface area (Å²) in [4.78, 5) is 14.3. The van der Waals surface area contributed by atoms with Crippen molar-refractivity contribution in [3.05, 3.63) is 34.6 Å². The number of carbonyl (C=O) groups excluding carboxylic acids is 1. The fourth-order valence-electron chi connectivity index (χ4n) is 2.36. The van der Waals surface area contributed by atoms with Crippen LogP contribution in [0.5, 0.6) is 0 Å². The quantitative estimate of drug-likeness (QED) is 0.905. The van der Waals surface area contributed by atoms with Gasteiger partial charge in [0.25, 0.3) is 5.91 Å². The number of hydrogen-bond donors (Lipinski definition) is 1. The van der Waals surface area contributed by atoms with E-state index in [0.717, 1.165) is 32.8 Å². The van der Waals surface area contributed by atoms with E-state index in [-0.39, 0.29) is 16.5 Å². The lowest BCUT2D eigenvalue weighted by atomic mass is 10.1. The molecule has 4 nitrogen and oxygen atoms in total. The zero-order valence-corrected chi connectivity index (χ0v) is 12.8. The summed E-state index contributed by atoms with van der Waals surface area (Å²) < 4.78 is 18.9. The van der Waals surface area contributed by atoms with Gasteiger partial charge in [-0.2, -0.15) is 0 Å². The third-order valence-electron chi connectivity index (χ3n) is 3.47. The monoisotopic (exact) mass is 314 g/mol. The van der Waals surface area contributed by atoms with Gasteiger partial charge in [-0.3, -0.25) is 9.69 Å². The molecule has 6 heteroatoms. The lowest BCUT2D eigenvalue weighted by Gasteiger charge is -2.29. The molecule has 116 valence electrons. The normalized spacial score (nSPS) is 17.5. The molecule has 0 saturated carbocycles. The van der Waals surface area contributed by atoms with Gasteiger partial charge < -0.3 is 10.1 Å². The number of ether oxygens (including phenoxy) is 1. The maximum atomic E-state index is 13.6. The summed E-state index contributed by atoms with van der Waals surface area (Å²) >= 11 is 5.87. The number of halogens is 2. The SMILES string of the molecule is CC(CNC(=O)c1c(F)cccc1Cl)CN1CCOCC1. The van der Waals surface area contributed by atoms with Crippen molar-refractivity contribution in [1.82, 2.24) is 10.2 Å². The fraction of sp³-hybridized carbons (Fsp3) is 0.533. The van der Waals surface area contributed by atoms with Crippen LogP contribution in [-0.2, 0) is 4.74 Å². The van der Waals surface area contributed by atoms with Crippen LogP contribution in [0.1, 0.15) is 17.3 Å². The van der Waals surface area contributed by atoms with Gasteiger partial charge in [0.2, 0.25) is 0 Å². The number of nitrogens with zero attached hydrogens (tertiary/aromatic N) is 1. The maximum absolute atomic E-state index is 13.6. The summed E-state index contributed by atoms with van der Waals surface area (Å²) in [6, 6.07) is 4.23. The summed E-state index contributed by atoms with van der Waals surface area (Å²) in [5.41, 5.74) is -0.0854. The van der Waals surface area contributed by atoms with Gasteiger partial charge in [-0.15, -0.1) is 0 Å².